The van der Waals surface area contributed by atoms with Gasteiger partial charge in [0.2, 0.25) is 0 Å². The predicted octanol–water partition coefficient (Wildman–Crippen LogP) is 12.7. The van der Waals surface area contributed by atoms with Crippen LogP contribution in [0.15, 0.2) is 53.2 Å². The molecule has 2 aromatic rings. The van der Waals surface area contributed by atoms with Gasteiger partial charge in [-0.25, -0.2) is 0 Å². The van der Waals surface area contributed by atoms with Gasteiger partial charge in [0.15, 0.2) is 0 Å². The molecular formula is C39H61CoN2O-. The zero-order valence-electron chi connectivity index (χ0n) is 29.8. The fraction of sp³-hybridized carbons (Fsp3) is 0.615. The second-order valence-corrected chi connectivity index (χ2v) is 15.1. The van der Waals surface area contributed by atoms with Crippen molar-refractivity contribution in [3.05, 3.63) is 75.7 Å². The fourth-order valence-electron chi connectivity index (χ4n) is 5.00. The van der Waals surface area contributed by atoms with E-state index >= 15 is 0 Å². The van der Waals surface area contributed by atoms with Crippen molar-refractivity contribution < 1.29 is 21.5 Å². The van der Waals surface area contributed by atoms with Crippen LogP contribution in [0.4, 0.5) is 11.4 Å². The third-order valence-electron chi connectivity index (χ3n) is 7.79. The number of hydrogen-bond donors (Lipinski definition) is 0. The first-order valence-electron chi connectivity index (χ1n) is 16.3. The summed E-state index contributed by atoms with van der Waals surface area (Å²) in [5, 5.41) is 5.46. The van der Waals surface area contributed by atoms with Crippen molar-refractivity contribution in [3.8, 4) is 0 Å². The van der Waals surface area contributed by atoms with Crippen molar-refractivity contribution >= 4 is 17.1 Å². The number of nitrogens with zero attached hydrogens (tertiary/aromatic N) is 2. The van der Waals surface area contributed by atoms with Gasteiger partial charge in [0, 0.05) is 41.1 Å². The number of aliphatic imine (C=N–C) groups is 1. The molecule has 0 spiro atoms. The standard InChI is InChI=1S/C35H53N2.C4H8O.Co/c1-22(2)26-17-15-18-27(23(3)4)32(26)36-30(34(9,10)11)21-31(35(12,13)14)37-33-28(24(5)6)19-16-20-29(33)25(7)8;1-2-4-5-3-1;/h15-25H,1-14H3;1-4H2;/q-1;;/b30-21-,37-31?;;. The molecule has 0 unspecified atom stereocenters. The van der Waals surface area contributed by atoms with Crippen LogP contribution in [0.3, 0.4) is 0 Å². The predicted molar refractivity (Wildman–Crippen MR) is 186 cm³/mol. The normalized spacial score (nSPS) is 14.7. The number of ether oxygens (including phenoxy) is 1. The average molecular weight is 633 g/mol. The molecule has 1 radical (unpaired) electrons. The van der Waals surface area contributed by atoms with E-state index < -0.39 is 0 Å². The second kappa shape index (κ2) is 17.0. The van der Waals surface area contributed by atoms with E-state index in [0.29, 0.717) is 23.7 Å². The van der Waals surface area contributed by atoms with Crippen LogP contribution in [0, 0.1) is 10.8 Å². The van der Waals surface area contributed by atoms with Gasteiger partial charge in [-0.2, -0.15) is 5.70 Å². The van der Waals surface area contributed by atoms with E-state index in [2.05, 4.69) is 139 Å². The van der Waals surface area contributed by atoms with E-state index in [1.54, 1.807) is 0 Å². The SMILES string of the molecule is C1CCOC1.CC(C)c1cccc(C(C)C)c1N=C(/C=C(\[N-]c1c(C(C)C)cccc1C(C)C)C(C)(C)C)C(C)(C)C.[Co]. The number of hydrogen-bond acceptors (Lipinski definition) is 2. The molecular weight excluding hydrogens is 571 g/mol. The summed E-state index contributed by atoms with van der Waals surface area (Å²) in [4.78, 5) is 5.46. The average Bonchev–Trinajstić information content (AvgIpc) is 3.46. The summed E-state index contributed by atoms with van der Waals surface area (Å²) in [7, 11) is 0. The molecule has 3 rings (SSSR count). The van der Waals surface area contributed by atoms with Crippen molar-refractivity contribution in [1.29, 1.82) is 0 Å². The van der Waals surface area contributed by atoms with Gasteiger partial charge in [-0.3, -0.25) is 4.99 Å². The van der Waals surface area contributed by atoms with Gasteiger partial charge >= 0.3 is 0 Å². The largest absolute Gasteiger partial charge is 0.660 e. The molecule has 0 atom stereocenters. The smallest absolute Gasteiger partial charge is 0.0702 e. The molecule has 0 amide bonds. The van der Waals surface area contributed by atoms with Crippen LogP contribution in [-0.2, 0) is 21.5 Å². The van der Waals surface area contributed by atoms with Crippen LogP contribution >= 0.6 is 0 Å². The van der Waals surface area contributed by atoms with Crippen molar-refractivity contribution in [3.63, 3.8) is 0 Å². The fourth-order valence-corrected chi connectivity index (χ4v) is 5.00. The summed E-state index contributed by atoms with van der Waals surface area (Å²) in [5.41, 5.74) is 9.37. The Hall–Kier alpha value is -1.88. The third kappa shape index (κ3) is 11.5. The van der Waals surface area contributed by atoms with E-state index in [-0.39, 0.29) is 27.6 Å². The maximum atomic E-state index is 5.46. The summed E-state index contributed by atoms with van der Waals surface area (Å²) in [5.74, 6) is 1.61. The Morgan fingerprint density at radius 3 is 1.37 bits per heavy atom. The summed E-state index contributed by atoms with van der Waals surface area (Å²) in [6.45, 7) is 33.7. The van der Waals surface area contributed by atoms with Gasteiger partial charge in [0.25, 0.3) is 0 Å². The van der Waals surface area contributed by atoms with Crippen molar-refractivity contribution in [2.45, 2.75) is 133 Å². The Labute approximate surface area is 276 Å². The first-order chi connectivity index (χ1) is 19.4. The van der Waals surface area contributed by atoms with E-state index in [1.165, 1.54) is 35.1 Å². The zero-order valence-corrected chi connectivity index (χ0v) is 30.9. The van der Waals surface area contributed by atoms with Gasteiger partial charge in [-0.1, -0.05) is 151 Å². The van der Waals surface area contributed by atoms with Crippen molar-refractivity contribution in [2.75, 3.05) is 13.2 Å². The summed E-state index contributed by atoms with van der Waals surface area (Å²) in [6.07, 6.45) is 4.84. The topological polar surface area (TPSA) is 35.7 Å². The molecule has 2 aromatic carbocycles. The molecule has 1 aliphatic heterocycles. The van der Waals surface area contributed by atoms with Crippen LogP contribution in [0.1, 0.15) is 156 Å². The molecule has 1 heterocycles. The Balaban J connectivity index is 0.00000139. The van der Waals surface area contributed by atoms with E-state index in [1.807, 2.05) is 0 Å². The first-order valence-corrected chi connectivity index (χ1v) is 16.3. The molecule has 0 saturated carbocycles. The minimum atomic E-state index is -0.136. The van der Waals surface area contributed by atoms with Crippen molar-refractivity contribution in [1.82, 2.24) is 0 Å². The molecule has 0 N–H and O–H groups in total. The van der Waals surface area contributed by atoms with Crippen LogP contribution in [-0.4, -0.2) is 18.9 Å². The van der Waals surface area contributed by atoms with Gasteiger partial charge in [-0.05, 0) is 53.1 Å². The first kappa shape index (κ1) is 39.1. The van der Waals surface area contributed by atoms with Crippen LogP contribution < -0.4 is 0 Å². The number of rotatable bonds is 8. The Morgan fingerprint density at radius 1 is 0.674 bits per heavy atom. The van der Waals surface area contributed by atoms with Gasteiger partial charge in [-0.15, -0.1) is 5.69 Å². The number of allylic oxidation sites excluding steroid dienone is 2. The maximum Gasteiger partial charge on any atom is 0.0702 e. The van der Waals surface area contributed by atoms with Gasteiger partial charge in [0.1, 0.15) is 0 Å². The molecule has 0 bridgehead atoms. The van der Waals surface area contributed by atoms with Crippen LogP contribution in [0.25, 0.3) is 5.32 Å². The monoisotopic (exact) mass is 632 g/mol. The Morgan fingerprint density at radius 2 is 1.07 bits per heavy atom. The van der Waals surface area contributed by atoms with Crippen LogP contribution in [0.2, 0.25) is 0 Å². The zero-order chi connectivity index (χ0) is 31.8. The summed E-state index contributed by atoms with van der Waals surface area (Å²) >= 11 is 0. The van der Waals surface area contributed by atoms with E-state index in [4.69, 9.17) is 15.0 Å². The minimum absolute atomic E-state index is 0. The molecule has 3 nitrogen and oxygen atoms in total. The van der Waals surface area contributed by atoms with Gasteiger partial charge < -0.3 is 10.1 Å². The summed E-state index contributed by atoms with van der Waals surface area (Å²) in [6, 6.07) is 13.3. The van der Waals surface area contributed by atoms with E-state index in [9.17, 15) is 0 Å². The third-order valence-corrected chi connectivity index (χ3v) is 7.79. The number of benzene rings is 2. The molecule has 0 aromatic heterocycles. The second-order valence-electron chi connectivity index (χ2n) is 15.1. The molecule has 1 fully saturated rings. The molecule has 1 saturated heterocycles. The molecule has 0 aliphatic carbocycles. The number of para-hydroxylation sites is 2. The Bertz CT molecular complexity index is 1140. The molecule has 4 heteroatoms. The quantitative estimate of drug-likeness (QED) is 0.267. The van der Waals surface area contributed by atoms with Crippen molar-refractivity contribution in [2.24, 2.45) is 15.8 Å². The molecule has 43 heavy (non-hydrogen) atoms. The summed E-state index contributed by atoms with van der Waals surface area (Å²) < 4.78 is 4.94. The Kier molecular flexibility index (Phi) is 15.5. The molecule has 243 valence electrons. The van der Waals surface area contributed by atoms with Gasteiger partial charge in [0.05, 0.1) is 5.69 Å². The maximum absolute atomic E-state index is 5.46. The van der Waals surface area contributed by atoms with Crippen LogP contribution in [0.5, 0.6) is 0 Å². The van der Waals surface area contributed by atoms with E-state index in [0.717, 1.165) is 36.0 Å². The minimum Gasteiger partial charge on any atom is -0.660 e. The molecule has 1 aliphatic rings.